The zero-order valence-electron chi connectivity index (χ0n) is 15.3. The van der Waals surface area contributed by atoms with Crippen molar-refractivity contribution >= 4 is 39.4 Å². The van der Waals surface area contributed by atoms with E-state index in [-0.39, 0.29) is 16.5 Å². The summed E-state index contributed by atoms with van der Waals surface area (Å²) in [6, 6.07) is 10.9. The molecule has 0 aliphatic rings. The molecule has 0 aromatic heterocycles. The number of carbonyl (C=O) groups excluding carboxylic acids is 1. The van der Waals surface area contributed by atoms with Crippen molar-refractivity contribution in [2.45, 2.75) is 6.92 Å². The van der Waals surface area contributed by atoms with Crippen molar-refractivity contribution in [2.75, 3.05) is 23.7 Å². The van der Waals surface area contributed by atoms with Crippen LogP contribution in [0, 0.1) is 0 Å². The maximum absolute atomic E-state index is 12.2. The van der Waals surface area contributed by atoms with Crippen LogP contribution in [0.4, 0.5) is 5.69 Å². The zero-order valence-corrected chi connectivity index (χ0v) is 16.9. The van der Waals surface area contributed by atoms with Gasteiger partial charge in [-0.25, -0.2) is 13.8 Å². The highest BCUT2D eigenvalue weighted by Gasteiger charge is 2.22. The smallest absolute Gasteiger partial charge is 0.260 e. The summed E-state index contributed by atoms with van der Waals surface area (Å²) in [6.45, 7) is 1.68. The Labute approximate surface area is 168 Å². The predicted molar refractivity (Wildman–Crippen MR) is 109 cm³/mol. The number of anilines is 1. The first-order chi connectivity index (χ1) is 13.2. The van der Waals surface area contributed by atoms with Gasteiger partial charge in [-0.3, -0.25) is 9.10 Å². The van der Waals surface area contributed by atoms with Crippen LogP contribution in [0.2, 0.25) is 5.02 Å². The minimum Gasteiger partial charge on any atom is -0.504 e. The van der Waals surface area contributed by atoms with Crippen molar-refractivity contribution < 1.29 is 23.1 Å². The molecule has 0 aliphatic heterocycles. The molecule has 0 aliphatic carbocycles. The molecular formula is C18H20ClN3O5S. The number of benzene rings is 2. The van der Waals surface area contributed by atoms with Gasteiger partial charge in [0, 0.05) is 0 Å². The summed E-state index contributed by atoms with van der Waals surface area (Å²) in [5.74, 6) is -0.364. The second-order valence-corrected chi connectivity index (χ2v) is 7.99. The number of nitrogens with zero attached hydrogens (tertiary/aromatic N) is 2. The molecule has 0 spiro atoms. The number of ether oxygens (including phenoxy) is 1. The van der Waals surface area contributed by atoms with Crippen LogP contribution in [-0.2, 0) is 14.8 Å². The van der Waals surface area contributed by atoms with Crippen molar-refractivity contribution in [3.05, 3.63) is 53.1 Å². The first-order valence-electron chi connectivity index (χ1n) is 8.22. The molecule has 0 atom stereocenters. The van der Waals surface area contributed by atoms with Crippen LogP contribution in [-0.4, -0.2) is 45.1 Å². The number of hydrogen-bond donors (Lipinski definition) is 2. The Kier molecular flexibility index (Phi) is 7.24. The summed E-state index contributed by atoms with van der Waals surface area (Å²) in [5, 5.41) is 13.7. The molecule has 0 saturated heterocycles. The fourth-order valence-electron chi connectivity index (χ4n) is 2.26. The largest absolute Gasteiger partial charge is 0.504 e. The number of phenolic OH excluding ortho intramolecular Hbond substituents is 1. The van der Waals surface area contributed by atoms with Crippen LogP contribution in [0.5, 0.6) is 11.5 Å². The highest BCUT2D eigenvalue weighted by Crippen LogP contribution is 2.27. The van der Waals surface area contributed by atoms with Gasteiger partial charge in [-0.15, -0.1) is 0 Å². The Bertz CT molecular complexity index is 979. The lowest BCUT2D eigenvalue weighted by Crippen LogP contribution is -2.39. The molecular weight excluding hydrogens is 406 g/mol. The van der Waals surface area contributed by atoms with Crippen LogP contribution in [0.15, 0.2) is 47.6 Å². The van der Waals surface area contributed by atoms with Gasteiger partial charge in [-0.1, -0.05) is 23.7 Å². The SMILES string of the molecule is CCOc1cc(/C=N/NC(=O)CN(c2ccccc2Cl)S(C)(=O)=O)ccc1O. The van der Waals surface area contributed by atoms with E-state index in [0.29, 0.717) is 17.9 Å². The van der Waals surface area contributed by atoms with Crippen LogP contribution < -0.4 is 14.5 Å². The number of hydrogen-bond acceptors (Lipinski definition) is 6. The molecule has 2 rings (SSSR count). The normalized spacial score (nSPS) is 11.4. The van der Waals surface area contributed by atoms with E-state index in [2.05, 4.69) is 10.5 Å². The molecule has 0 bridgehead atoms. The number of amides is 1. The third-order valence-corrected chi connectivity index (χ3v) is 4.94. The van der Waals surface area contributed by atoms with E-state index in [1.54, 1.807) is 31.2 Å². The fourth-order valence-corrected chi connectivity index (χ4v) is 3.42. The molecule has 0 saturated carbocycles. The molecule has 0 unspecified atom stereocenters. The number of hydrazone groups is 1. The number of para-hydroxylation sites is 1. The highest BCUT2D eigenvalue weighted by molar-refractivity contribution is 7.92. The number of carbonyl (C=O) groups is 1. The molecule has 2 aromatic rings. The Morgan fingerprint density at radius 2 is 2.04 bits per heavy atom. The highest BCUT2D eigenvalue weighted by atomic mass is 35.5. The van der Waals surface area contributed by atoms with E-state index in [9.17, 15) is 18.3 Å². The zero-order chi connectivity index (χ0) is 20.7. The lowest BCUT2D eigenvalue weighted by Gasteiger charge is -2.22. The number of halogens is 1. The molecule has 2 aromatic carbocycles. The van der Waals surface area contributed by atoms with E-state index in [0.717, 1.165) is 10.6 Å². The van der Waals surface area contributed by atoms with Gasteiger partial charge in [0.05, 0.1) is 29.8 Å². The molecule has 8 nitrogen and oxygen atoms in total. The second kappa shape index (κ2) is 9.43. The Hall–Kier alpha value is -2.78. The third kappa shape index (κ3) is 5.86. The molecule has 0 radical (unpaired) electrons. The van der Waals surface area contributed by atoms with Gasteiger partial charge >= 0.3 is 0 Å². The maximum Gasteiger partial charge on any atom is 0.260 e. The molecule has 0 heterocycles. The lowest BCUT2D eigenvalue weighted by molar-refractivity contribution is -0.119. The van der Waals surface area contributed by atoms with Gasteiger partial charge < -0.3 is 9.84 Å². The molecule has 2 N–H and O–H groups in total. The quantitative estimate of drug-likeness (QED) is 0.498. The average molecular weight is 426 g/mol. The van der Waals surface area contributed by atoms with Gasteiger partial charge in [0.25, 0.3) is 5.91 Å². The Morgan fingerprint density at radius 3 is 2.68 bits per heavy atom. The number of nitrogens with one attached hydrogen (secondary N) is 1. The van der Waals surface area contributed by atoms with Crippen LogP contribution >= 0.6 is 11.6 Å². The van der Waals surface area contributed by atoms with E-state index in [1.165, 1.54) is 24.4 Å². The number of sulfonamides is 1. The van der Waals surface area contributed by atoms with Gasteiger partial charge in [0.1, 0.15) is 6.54 Å². The van der Waals surface area contributed by atoms with Gasteiger partial charge in [0.15, 0.2) is 11.5 Å². The summed E-state index contributed by atoms with van der Waals surface area (Å²) in [5.41, 5.74) is 3.04. The molecule has 10 heteroatoms. The van der Waals surface area contributed by atoms with Crippen LogP contribution in [0.1, 0.15) is 12.5 Å². The number of aromatic hydroxyl groups is 1. The van der Waals surface area contributed by atoms with E-state index >= 15 is 0 Å². The van der Waals surface area contributed by atoms with E-state index in [4.69, 9.17) is 16.3 Å². The molecule has 150 valence electrons. The van der Waals surface area contributed by atoms with Gasteiger partial charge in [-0.05, 0) is 42.8 Å². The van der Waals surface area contributed by atoms with E-state index < -0.39 is 22.5 Å². The van der Waals surface area contributed by atoms with Crippen molar-refractivity contribution in [2.24, 2.45) is 5.10 Å². The van der Waals surface area contributed by atoms with Gasteiger partial charge in [0.2, 0.25) is 10.0 Å². The standard InChI is InChI=1S/C18H20ClN3O5S/c1-3-27-17-10-13(8-9-16(17)23)11-20-21-18(24)12-22(28(2,25)26)15-7-5-4-6-14(15)19/h4-11,23H,3,12H2,1-2H3,(H,21,24)/b20-11+. The maximum atomic E-state index is 12.2. The van der Waals surface area contributed by atoms with Crippen molar-refractivity contribution in [3.8, 4) is 11.5 Å². The lowest BCUT2D eigenvalue weighted by atomic mass is 10.2. The topological polar surface area (TPSA) is 108 Å². The number of phenols is 1. The number of rotatable bonds is 8. The third-order valence-electron chi connectivity index (χ3n) is 3.50. The summed E-state index contributed by atoms with van der Waals surface area (Å²) < 4.78 is 30.3. The Morgan fingerprint density at radius 1 is 1.32 bits per heavy atom. The van der Waals surface area contributed by atoms with Crippen molar-refractivity contribution in [3.63, 3.8) is 0 Å². The van der Waals surface area contributed by atoms with Gasteiger partial charge in [-0.2, -0.15) is 5.10 Å². The first-order valence-corrected chi connectivity index (χ1v) is 10.4. The molecule has 1 amide bonds. The van der Waals surface area contributed by atoms with Crippen molar-refractivity contribution in [1.82, 2.24) is 5.43 Å². The summed E-state index contributed by atoms with van der Waals surface area (Å²) >= 11 is 6.05. The summed E-state index contributed by atoms with van der Waals surface area (Å²) in [6.07, 6.45) is 2.33. The second-order valence-electron chi connectivity index (χ2n) is 5.67. The van der Waals surface area contributed by atoms with Crippen molar-refractivity contribution in [1.29, 1.82) is 0 Å². The Balaban J connectivity index is 2.09. The molecule has 28 heavy (non-hydrogen) atoms. The molecule has 0 fully saturated rings. The minimum absolute atomic E-state index is 0.00781. The van der Waals surface area contributed by atoms with Crippen LogP contribution in [0.3, 0.4) is 0 Å². The monoisotopic (exact) mass is 425 g/mol. The van der Waals surface area contributed by atoms with Crippen LogP contribution in [0.25, 0.3) is 0 Å². The summed E-state index contributed by atoms with van der Waals surface area (Å²) in [7, 11) is -3.74. The fraction of sp³-hybridized carbons (Fsp3) is 0.222. The summed E-state index contributed by atoms with van der Waals surface area (Å²) in [4.78, 5) is 12.2. The first kappa shape index (κ1) is 21.5. The minimum atomic E-state index is -3.74. The predicted octanol–water partition coefficient (Wildman–Crippen LogP) is 2.36. The van der Waals surface area contributed by atoms with E-state index in [1.807, 2.05) is 0 Å². The average Bonchev–Trinajstić information content (AvgIpc) is 2.62.